The third kappa shape index (κ3) is 6.11. The summed E-state index contributed by atoms with van der Waals surface area (Å²) < 4.78 is 43.4. The van der Waals surface area contributed by atoms with E-state index in [1.807, 2.05) is 33.9 Å². The predicted octanol–water partition coefficient (Wildman–Crippen LogP) is 3.73. The lowest BCUT2D eigenvalue weighted by atomic mass is 9.84. The molecule has 4 heterocycles. The number of likely N-dealkylation sites (N-methyl/N-ethyl adjacent to an activating group) is 1. The Bertz CT molecular complexity index is 873. The van der Waals surface area contributed by atoms with Gasteiger partial charge < -0.3 is 19.2 Å². The highest BCUT2D eigenvalue weighted by molar-refractivity contribution is 7.08. The van der Waals surface area contributed by atoms with Gasteiger partial charge in [0, 0.05) is 31.0 Å². The minimum atomic E-state index is -5.08. The molecule has 0 spiro atoms. The second-order valence-corrected chi connectivity index (χ2v) is 8.60. The molecule has 2 saturated heterocycles. The number of carboxylic acid groups (broad SMARTS) is 1. The fourth-order valence-corrected chi connectivity index (χ4v) is 4.69. The van der Waals surface area contributed by atoms with Crippen molar-refractivity contribution in [3.05, 3.63) is 46.5 Å². The van der Waals surface area contributed by atoms with Crippen LogP contribution < -0.4 is 0 Å². The van der Waals surface area contributed by atoms with Crippen molar-refractivity contribution < 1.29 is 37.0 Å². The van der Waals surface area contributed by atoms with Gasteiger partial charge in [-0.25, -0.2) is 4.79 Å². The Morgan fingerprint density at radius 3 is 2.66 bits per heavy atom. The number of thiophene rings is 1. The highest BCUT2D eigenvalue weighted by Crippen LogP contribution is 2.32. The van der Waals surface area contributed by atoms with E-state index in [-0.39, 0.29) is 18.1 Å². The highest BCUT2D eigenvalue weighted by Gasteiger charge is 2.42. The first-order valence-electron chi connectivity index (χ1n) is 10.1. The van der Waals surface area contributed by atoms with Crippen molar-refractivity contribution in [2.45, 2.75) is 37.7 Å². The van der Waals surface area contributed by atoms with Crippen molar-refractivity contribution in [1.29, 1.82) is 0 Å². The summed E-state index contributed by atoms with van der Waals surface area (Å²) in [6, 6.07) is 6.01. The number of hydrogen-bond acceptors (Lipinski definition) is 6. The highest BCUT2D eigenvalue weighted by atomic mass is 32.1. The standard InChI is InChI=1S/C19H24N2O3S.C2HF3O2/c1-20(11-16-5-3-7-23-16)17-12-21(19(22)15-6-9-25-13-15)10-14-4-2-8-24-18(14)17;3-2(4,5)1(6)7/h3,5-7,9,13-14,17-18H,2,4,8,10-12H2,1H3;(H,6,7)/t14-,17+,18-;/m0./s1. The number of carbonyl (C=O) groups is 2. The monoisotopic (exact) mass is 474 g/mol. The smallest absolute Gasteiger partial charge is 0.475 e. The van der Waals surface area contributed by atoms with Crippen molar-refractivity contribution >= 4 is 23.2 Å². The van der Waals surface area contributed by atoms with E-state index in [4.69, 9.17) is 19.1 Å². The maximum absolute atomic E-state index is 12.9. The number of aliphatic carboxylic acids is 1. The number of ether oxygens (including phenoxy) is 1. The van der Waals surface area contributed by atoms with Gasteiger partial charge in [-0.1, -0.05) is 0 Å². The van der Waals surface area contributed by atoms with Gasteiger partial charge in [-0.05, 0) is 43.5 Å². The normalized spacial score (nSPS) is 23.3. The molecule has 3 atom stereocenters. The molecule has 0 bridgehead atoms. The Balaban J connectivity index is 0.000000360. The largest absolute Gasteiger partial charge is 0.490 e. The molecule has 2 fully saturated rings. The van der Waals surface area contributed by atoms with Crippen molar-refractivity contribution in [2.24, 2.45) is 5.92 Å². The third-order valence-corrected chi connectivity index (χ3v) is 6.27. The number of fused-ring (bicyclic) bond motifs is 1. The summed E-state index contributed by atoms with van der Waals surface area (Å²) in [5.41, 5.74) is 0.799. The molecule has 0 radical (unpaired) electrons. The van der Waals surface area contributed by atoms with Crippen LogP contribution in [-0.2, 0) is 16.1 Å². The molecule has 0 unspecified atom stereocenters. The average molecular weight is 475 g/mol. The van der Waals surface area contributed by atoms with E-state index < -0.39 is 12.1 Å². The summed E-state index contributed by atoms with van der Waals surface area (Å²) in [4.78, 5) is 26.1. The van der Waals surface area contributed by atoms with Crippen molar-refractivity contribution in [3.63, 3.8) is 0 Å². The number of carboxylic acids is 1. The van der Waals surface area contributed by atoms with Crippen LogP contribution >= 0.6 is 11.3 Å². The summed E-state index contributed by atoms with van der Waals surface area (Å²) >= 11 is 1.57. The first kappa shape index (κ1) is 24.3. The third-order valence-electron chi connectivity index (χ3n) is 5.59. The molecule has 0 aliphatic carbocycles. The molecule has 2 aliphatic heterocycles. The first-order valence-corrected chi connectivity index (χ1v) is 11.1. The molecule has 11 heteroatoms. The molecule has 4 rings (SSSR count). The molecular formula is C21H25F3N2O5S. The molecule has 7 nitrogen and oxygen atoms in total. The summed E-state index contributed by atoms with van der Waals surface area (Å²) in [7, 11) is 2.10. The van der Waals surface area contributed by atoms with Crippen LogP contribution in [0.5, 0.6) is 0 Å². The molecule has 1 amide bonds. The maximum atomic E-state index is 12.9. The van der Waals surface area contributed by atoms with Crippen LogP contribution in [0.2, 0.25) is 0 Å². The minimum absolute atomic E-state index is 0.140. The summed E-state index contributed by atoms with van der Waals surface area (Å²) in [6.45, 7) is 3.05. The zero-order valence-electron chi connectivity index (χ0n) is 17.5. The Hall–Kier alpha value is -2.37. The van der Waals surface area contributed by atoms with Gasteiger partial charge in [0.05, 0.1) is 30.5 Å². The predicted molar refractivity (Wildman–Crippen MR) is 110 cm³/mol. The van der Waals surface area contributed by atoms with Crippen LogP contribution in [0.1, 0.15) is 29.0 Å². The van der Waals surface area contributed by atoms with E-state index in [1.165, 1.54) is 0 Å². The van der Waals surface area contributed by atoms with Gasteiger partial charge in [0.15, 0.2) is 0 Å². The number of carbonyl (C=O) groups excluding carboxylic acids is 1. The lowest BCUT2D eigenvalue weighted by Gasteiger charge is -2.48. The Morgan fingerprint density at radius 2 is 2.06 bits per heavy atom. The van der Waals surface area contributed by atoms with Crippen molar-refractivity contribution in [1.82, 2.24) is 9.80 Å². The van der Waals surface area contributed by atoms with Crippen LogP contribution in [0.25, 0.3) is 0 Å². The van der Waals surface area contributed by atoms with Crippen LogP contribution in [0.15, 0.2) is 39.6 Å². The second kappa shape index (κ2) is 10.5. The number of alkyl halides is 3. The second-order valence-electron chi connectivity index (χ2n) is 7.82. The van der Waals surface area contributed by atoms with Gasteiger partial charge in [0.2, 0.25) is 0 Å². The van der Waals surface area contributed by atoms with Gasteiger partial charge in [-0.2, -0.15) is 24.5 Å². The summed E-state index contributed by atoms with van der Waals surface area (Å²) in [6.07, 6.45) is -0.976. The molecule has 32 heavy (non-hydrogen) atoms. The van der Waals surface area contributed by atoms with Crippen LogP contribution in [0.3, 0.4) is 0 Å². The number of hydrogen-bond donors (Lipinski definition) is 1. The quantitative estimate of drug-likeness (QED) is 0.727. The van der Waals surface area contributed by atoms with Gasteiger partial charge in [-0.3, -0.25) is 9.69 Å². The molecule has 0 saturated carbocycles. The summed E-state index contributed by atoms with van der Waals surface area (Å²) in [5, 5.41) is 11.0. The molecule has 2 aromatic rings. The van der Waals surface area contributed by atoms with Crippen LogP contribution in [-0.4, -0.2) is 71.8 Å². The number of halogens is 3. The molecule has 1 N–H and O–H groups in total. The number of rotatable bonds is 4. The average Bonchev–Trinajstić information content (AvgIpc) is 3.46. The Kier molecular flexibility index (Phi) is 7.96. The number of likely N-dealkylation sites (tertiary alicyclic amines) is 1. The molecule has 0 aromatic carbocycles. The Labute approximate surface area is 187 Å². The zero-order valence-corrected chi connectivity index (χ0v) is 18.3. The van der Waals surface area contributed by atoms with E-state index in [0.717, 1.165) is 43.9 Å². The van der Waals surface area contributed by atoms with E-state index in [9.17, 15) is 18.0 Å². The maximum Gasteiger partial charge on any atom is 0.490 e. The van der Waals surface area contributed by atoms with E-state index >= 15 is 0 Å². The zero-order chi connectivity index (χ0) is 23.3. The van der Waals surface area contributed by atoms with Crippen LogP contribution in [0, 0.1) is 5.92 Å². The topological polar surface area (TPSA) is 83.2 Å². The number of nitrogens with zero attached hydrogens (tertiary/aromatic N) is 2. The van der Waals surface area contributed by atoms with E-state index in [1.54, 1.807) is 17.6 Å². The lowest BCUT2D eigenvalue weighted by molar-refractivity contribution is -0.192. The fraction of sp³-hybridized carbons (Fsp3) is 0.524. The van der Waals surface area contributed by atoms with E-state index in [0.29, 0.717) is 12.5 Å². The SMILES string of the molecule is CN(Cc1ccco1)[C@@H]1CN(C(=O)c2ccsc2)C[C@@H]2CCCO[C@@H]21.O=C(O)C(F)(F)F. The minimum Gasteiger partial charge on any atom is -0.475 e. The lowest BCUT2D eigenvalue weighted by Crippen LogP contribution is -2.61. The number of amides is 1. The molecular weight excluding hydrogens is 449 g/mol. The molecule has 176 valence electrons. The van der Waals surface area contributed by atoms with Gasteiger partial charge in [-0.15, -0.1) is 0 Å². The van der Waals surface area contributed by atoms with Crippen molar-refractivity contribution in [2.75, 3.05) is 26.7 Å². The Morgan fingerprint density at radius 1 is 1.31 bits per heavy atom. The van der Waals surface area contributed by atoms with E-state index in [2.05, 4.69) is 11.9 Å². The van der Waals surface area contributed by atoms with Gasteiger partial charge in [0.25, 0.3) is 5.91 Å². The first-order chi connectivity index (χ1) is 15.2. The van der Waals surface area contributed by atoms with Crippen LogP contribution in [0.4, 0.5) is 13.2 Å². The number of piperidine rings is 1. The van der Waals surface area contributed by atoms with Gasteiger partial charge >= 0.3 is 12.1 Å². The fourth-order valence-electron chi connectivity index (χ4n) is 4.06. The molecule has 2 aliphatic rings. The summed E-state index contributed by atoms with van der Waals surface area (Å²) in [5.74, 6) is -1.26. The number of furan rings is 1. The molecule has 2 aromatic heterocycles. The van der Waals surface area contributed by atoms with Gasteiger partial charge in [0.1, 0.15) is 5.76 Å². The van der Waals surface area contributed by atoms with Crippen molar-refractivity contribution in [3.8, 4) is 0 Å².